The van der Waals surface area contributed by atoms with E-state index in [9.17, 15) is 4.79 Å². The fourth-order valence-electron chi connectivity index (χ4n) is 1.88. The molecule has 0 unspecified atom stereocenters. The number of fused-ring (bicyclic) bond motifs is 1. The summed E-state index contributed by atoms with van der Waals surface area (Å²) in [6.45, 7) is 2.08. The van der Waals surface area contributed by atoms with Gasteiger partial charge in [-0.1, -0.05) is 6.07 Å². The van der Waals surface area contributed by atoms with E-state index in [-0.39, 0.29) is 0 Å². The van der Waals surface area contributed by atoms with Gasteiger partial charge in [-0.3, -0.25) is 4.98 Å². The molecule has 0 saturated carbocycles. The second-order valence-corrected chi connectivity index (χ2v) is 4.07. The van der Waals surface area contributed by atoms with Gasteiger partial charge in [-0.15, -0.1) is 0 Å². The van der Waals surface area contributed by atoms with E-state index in [1.807, 2.05) is 18.2 Å². The zero-order chi connectivity index (χ0) is 13.9. The Bertz CT molecular complexity index is 752. The van der Waals surface area contributed by atoms with Gasteiger partial charge in [-0.05, 0) is 25.1 Å². The molecule has 6 nitrogen and oxygen atoms in total. The minimum absolute atomic E-state index is 0.316. The number of hydrogen-bond acceptors (Lipinski definition) is 5. The van der Waals surface area contributed by atoms with Crippen LogP contribution in [-0.4, -0.2) is 32.2 Å². The highest BCUT2D eigenvalue weighted by molar-refractivity contribution is 5.95. The van der Waals surface area contributed by atoms with Crippen molar-refractivity contribution in [3.8, 4) is 11.4 Å². The minimum atomic E-state index is -0.423. The first-order chi connectivity index (χ1) is 9.79. The Morgan fingerprint density at radius 2 is 2.20 bits per heavy atom. The molecule has 0 spiro atoms. The number of rotatable bonds is 3. The predicted molar refractivity (Wildman–Crippen MR) is 72.2 cm³/mol. The maximum absolute atomic E-state index is 11.8. The first-order valence-corrected chi connectivity index (χ1v) is 6.22. The van der Waals surface area contributed by atoms with Gasteiger partial charge in [0.15, 0.2) is 5.65 Å². The van der Waals surface area contributed by atoms with Gasteiger partial charge in [-0.25, -0.2) is 14.3 Å². The summed E-state index contributed by atoms with van der Waals surface area (Å²) in [5.41, 5.74) is 2.24. The van der Waals surface area contributed by atoms with Crippen LogP contribution in [0.4, 0.5) is 0 Å². The second-order valence-electron chi connectivity index (χ2n) is 4.07. The maximum Gasteiger partial charge on any atom is 0.343 e. The van der Waals surface area contributed by atoms with Crippen LogP contribution in [0.5, 0.6) is 0 Å². The van der Waals surface area contributed by atoms with Crippen molar-refractivity contribution in [2.45, 2.75) is 6.92 Å². The topological polar surface area (TPSA) is 69.4 Å². The number of hydrogen-bond donors (Lipinski definition) is 0. The van der Waals surface area contributed by atoms with E-state index in [2.05, 4.69) is 15.1 Å². The normalized spacial score (nSPS) is 10.7. The number of esters is 1. The summed E-state index contributed by atoms with van der Waals surface area (Å²) >= 11 is 0. The number of pyridine rings is 1. The van der Waals surface area contributed by atoms with Crippen LogP contribution in [0.3, 0.4) is 0 Å². The van der Waals surface area contributed by atoms with Crippen molar-refractivity contribution in [2.24, 2.45) is 0 Å². The third-order valence-electron chi connectivity index (χ3n) is 2.79. The number of aromatic nitrogens is 4. The third kappa shape index (κ3) is 2.11. The van der Waals surface area contributed by atoms with Crippen LogP contribution in [0.25, 0.3) is 17.0 Å². The van der Waals surface area contributed by atoms with Gasteiger partial charge in [0.1, 0.15) is 5.56 Å². The molecular formula is C14H12N4O2. The van der Waals surface area contributed by atoms with E-state index in [1.165, 1.54) is 6.20 Å². The number of carbonyl (C=O) groups is 1. The molecule has 0 amide bonds. The fourth-order valence-corrected chi connectivity index (χ4v) is 1.88. The average Bonchev–Trinajstić information content (AvgIpc) is 2.91. The molecule has 100 valence electrons. The minimum Gasteiger partial charge on any atom is -0.462 e. The Labute approximate surface area is 115 Å². The highest BCUT2D eigenvalue weighted by atomic mass is 16.5. The Kier molecular flexibility index (Phi) is 3.12. The zero-order valence-electron chi connectivity index (χ0n) is 10.9. The molecule has 3 rings (SSSR count). The monoisotopic (exact) mass is 268 g/mol. The van der Waals surface area contributed by atoms with Crippen LogP contribution in [0.1, 0.15) is 17.3 Å². The lowest BCUT2D eigenvalue weighted by Crippen LogP contribution is -2.05. The zero-order valence-corrected chi connectivity index (χ0v) is 10.9. The quantitative estimate of drug-likeness (QED) is 0.679. The molecule has 0 saturated heterocycles. The maximum atomic E-state index is 11.8. The Balaban J connectivity index is 2.10. The number of ether oxygens (including phenoxy) is 1. The molecule has 0 aliphatic rings. The van der Waals surface area contributed by atoms with Crippen molar-refractivity contribution in [1.29, 1.82) is 0 Å². The Hall–Kier alpha value is -2.76. The van der Waals surface area contributed by atoms with Gasteiger partial charge in [-0.2, -0.15) is 5.10 Å². The summed E-state index contributed by atoms with van der Waals surface area (Å²) in [6, 6.07) is 7.39. The van der Waals surface area contributed by atoms with E-state index in [1.54, 1.807) is 29.9 Å². The van der Waals surface area contributed by atoms with Crippen molar-refractivity contribution >= 4 is 11.6 Å². The van der Waals surface area contributed by atoms with Crippen molar-refractivity contribution in [1.82, 2.24) is 19.6 Å². The molecular weight excluding hydrogens is 256 g/mol. The van der Waals surface area contributed by atoms with Crippen LogP contribution < -0.4 is 0 Å². The highest BCUT2D eigenvalue weighted by Crippen LogP contribution is 2.17. The summed E-state index contributed by atoms with van der Waals surface area (Å²) in [4.78, 5) is 20.5. The first kappa shape index (κ1) is 12.3. The molecule has 6 heteroatoms. The molecule has 0 aliphatic carbocycles. The SMILES string of the molecule is CCOC(=O)c1cnn2ccc(-c3ccccn3)nc12. The highest BCUT2D eigenvalue weighted by Gasteiger charge is 2.15. The van der Waals surface area contributed by atoms with E-state index in [0.29, 0.717) is 23.5 Å². The lowest BCUT2D eigenvalue weighted by atomic mass is 10.2. The summed E-state index contributed by atoms with van der Waals surface area (Å²) < 4.78 is 6.53. The fraction of sp³-hybridized carbons (Fsp3) is 0.143. The summed E-state index contributed by atoms with van der Waals surface area (Å²) in [5.74, 6) is -0.423. The molecule has 0 N–H and O–H groups in total. The lowest BCUT2D eigenvalue weighted by molar-refractivity contribution is 0.0528. The van der Waals surface area contributed by atoms with Crippen LogP contribution in [0.2, 0.25) is 0 Å². The van der Waals surface area contributed by atoms with E-state index in [0.717, 1.165) is 5.69 Å². The molecule has 0 aliphatic heterocycles. The van der Waals surface area contributed by atoms with Gasteiger partial charge in [0, 0.05) is 12.4 Å². The molecule has 0 atom stereocenters. The summed E-state index contributed by atoms with van der Waals surface area (Å²) in [5, 5.41) is 4.09. The molecule has 0 aromatic carbocycles. The summed E-state index contributed by atoms with van der Waals surface area (Å²) in [6.07, 6.45) is 4.90. The van der Waals surface area contributed by atoms with Crippen molar-refractivity contribution in [3.63, 3.8) is 0 Å². The van der Waals surface area contributed by atoms with Crippen LogP contribution in [0, 0.1) is 0 Å². The molecule has 3 aromatic heterocycles. The van der Waals surface area contributed by atoms with Crippen molar-refractivity contribution in [2.75, 3.05) is 6.61 Å². The first-order valence-electron chi connectivity index (χ1n) is 6.22. The molecule has 0 bridgehead atoms. The molecule has 0 radical (unpaired) electrons. The van der Waals surface area contributed by atoms with E-state index in [4.69, 9.17) is 4.74 Å². The molecule has 3 heterocycles. The smallest absolute Gasteiger partial charge is 0.343 e. The van der Waals surface area contributed by atoms with Gasteiger partial charge in [0.2, 0.25) is 0 Å². The van der Waals surface area contributed by atoms with E-state index >= 15 is 0 Å². The third-order valence-corrected chi connectivity index (χ3v) is 2.79. The Morgan fingerprint density at radius 3 is 2.95 bits per heavy atom. The second kappa shape index (κ2) is 5.08. The molecule has 3 aromatic rings. The van der Waals surface area contributed by atoms with Crippen LogP contribution in [0.15, 0.2) is 42.9 Å². The molecule has 0 fully saturated rings. The van der Waals surface area contributed by atoms with Crippen LogP contribution in [-0.2, 0) is 4.74 Å². The van der Waals surface area contributed by atoms with Crippen LogP contribution >= 0.6 is 0 Å². The van der Waals surface area contributed by atoms with Gasteiger partial charge < -0.3 is 4.74 Å². The van der Waals surface area contributed by atoms with Gasteiger partial charge in [0.25, 0.3) is 0 Å². The largest absolute Gasteiger partial charge is 0.462 e. The lowest BCUT2D eigenvalue weighted by Gasteiger charge is -2.02. The average molecular weight is 268 g/mol. The standard InChI is InChI=1S/C14H12N4O2/c1-2-20-14(19)10-9-16-18-8-6-12(17-13(10)18)11-5-3-4-7-15-11/h3-9H,2H2,1H3. The van der Waals surface area contributed by atoms with Gasteiger partial charge >= 0.3 is 5.97 Å². The molecule has 20 heavy (non-hydrogen) atoms. The van der Waals surface area contributed by atoms with Gasteiger partial charge in [0.05, 0.1) is 24.2 Å². The Morgan fingerprint density at radius 1 is 1.30 bits per heavy atom. The van der Waals surface area contributed by atoms with Crippen molar-refractivity contribution in [3.05, 3.63) is 48.4 Å². The number of nitrogens with zero attached hydrogens (tertiary/aromatic N) is 4. The number of carbonyl (C=O) groups excluding carboxylic acids is 1. The predicted octanol–water partition coefficient (Wildman–Crippen LogP) is 1.97. The summed E-state index contributed by atoms with van der Waals surface area (Å²) in [7, 11) is 0. The van der Waals surface area contributed by atoms with Crippen molar-refractivity contribution < 1.29 is 9.53 Å². The van der Waals surface area contributed by atoms with E-state index < -0.39 is 5.97 Å².